The van der Waals surface area contributed by atoms with Gasteiger partial charge in [0.05, 0.1) is 13.3 Å². The van der Waals surface area contributed by atoms with Crippen LogP contribution in [0.4, 0.5) is 0 Å². The van der Waals surface area contributed by atoms with Crippen molar-refractivity contribution in [2.24, 2.45) is 5.10 Å². The van der Waals surface area contributed by atoms with E-state index in [9.17, 15) is 9.90 Å². The molecule has 6 nitrogen and oxygen atoms in total. The van der Waals surface area contributed by atoms with Gasteiger partial charge in [-0.15, -0.1) is 0 Å². The standard InChI is InChI=1S/C20H18N2O4/c1-25-19-10-14(6-9-18(19)23)12-21-22-20(24)13-26-17-8-7-15-4-2-3-5-16(15)11-17/h2-12,23H,13H2,1H3,(H,22,24)/b21-12-. The van der Waals surface area contributed by atoms with E-state index in [0.29, 0.717) is 17.1 Å². The van der Waals surface area contributed by atoms with Gasteiger partial charge in [0.2, 0.25) is 0 Å². The van der Waals surface area contributed by atoms with Gasteiger partial charge in [-0.1, -0.05) is 30.3 Å². The van der Waals surface area contributed by atoms with Gasteiger partial charge in [-0.25, -0.2) is 5.43 Å². The van der Waals surface area contributed by atoms with Crippen LogP contribution >= 0.6 is 0 Å². The van der Waals surface area contributed by atoms with Crippen molar-refractivity contribution >= 4 is 22.9 Å². The Labute approximate surface area is 150 Å². The highest BCUT2D eigenvalue weighted by Gasteiger charge is 2.03. The number of benzene rings is 3. The minimum atomic E-state index is -0.375. The van der Waals surface area contributed by atoms with Gasteiger partial charge in [-0.2, -0.15) is 5.10 Å². The number of methoxy groups -OCH3 is 1. The van der Waals surface area contributed by atoms with Crippen LogP contribution in [0.1, 0.15) is 5.56 Å². The van der Waals surface area contributed by atoms with Crippen molar-refractivity contribution in [1.82, 2.24) is 5.43 Å². The molecule has 1 amide bonds. The second-order valence-electron chi connectivity index (χ2n) is 5.52. The van der Waals surface area contributed by atoms with Crippen LogP contribution in [0, 0.1) is 0 Å². The first-order valence-electron chi connectivity index (χ1n) is 7.96. The summed E-state index contributed by atoms with van der Waals surface area (Å²) in [4.78, 5) is 11.8. The average molecular weight is 350 g/mol. The summed E-state index contributed by atoms with van der Waals surface area (Å²) in [5, 5.41) is 15.6. The Morgan fingerprint density at radius 1 is 1.12 bits per heavy atom. The van der Waals surface area contributed by atoms with Gasteiger partial charge in [0.15, 0.2) is 18.1 Å². The Kier molecular flexibility index (Phi) is 5.34. The number of hydrogen-bond donors (Lipinski definition) is 2. The molecule has 0 unspecified atom stereocenters. The fourth-order valence-corrected chi connectivity index (χ4v) is 2.39. The number of carbonyl (C=O) groups is 1. The minimum Gasteiger partial charge on any atom is -0.504 e. The molecule has 0 aliphatic rings. The van der Waals surface area contributed by atoms with Crippen LogP contribution in [0.25, 0.3) is 10.8 Å². The highest BCUT2D eigenvalue weighted by atomic mass is 16.5. The Bertz CT molecular complexity index is 953. The fraction of sp³-hybridized carbons (Fsp3) is 0.100. The third-order valence-electron chi connectivity index (χ3n) is 3.70. The van der Waals surface area contributed by atoms with Crippen molar-refractivity contribution in [2.75, 3.05) is 13.7 Å². The summed E-state index contributed by atoms with van der Waals surface area (Å²) in [6.07, 6.45) is 1.45. The number of phenols is 1. The van der Waals surface area contributed by atoms with Crippen molar-refractivity contribution in [2.45, 2.75) is 0 Å². The van der Waals surface area contributed by atoms with E-state index < -0.39 is 0 Å². The Morgan fingerprint density at radius 2 is 1.92 bits per heavy atom. The summed E-state index contributed by atoms with van der Waals surface area (Å²) in [6.45, 7) is -0.144. The van der Waals surface area contributed by atoms with Gasteiger partial charge < -0.3 is 14.6 Å². The van der Waals surface area contributed by atoms with Crippen LogP contribution in [0.15, 0.2) is 65.8 Å². The molecule has 0 saturated heterocycles. The zero-order valence-electron chi connectivity index (χ0n) is 14.2. The predicted octanol–water partition coefficient (Wildman–Crippen LogP) is 3.08. The Balaban J connectivity index is 1.53. The largest absolute Gasteiger partial charge is 0.504 e. The second-order valence-corrected chi connectivity index (χ2v) is 5.52. The number of amides is 1. The lowest BCUT2D eigenvalue weighted by atomic mass is 10.1. The number of fused-ring (bicyclic) bond motifs is 1. The summed E-state index contributed by atoms with van der Waals surface area (Å²) >= 11 is 0. The zero-order chi connectivity index (χ0) is 18.4. The number of rotatable bonds is 6. The number of hydrazone groups is 1. The molecule has 0 aliphatic heterocycles. The number of hydrogen-bond acceptors (Lipinski definition) is 5. The van der Waals surface area contributed by atoms with E-state index in [-0.39, 0.29) is 18.3 Å². The molecule has 132 valence electrons. The zero-order valence-corrected chi connectivity index (χ0v) is 14.2. The smallest absolute Gasteiger partial charge is 0.277 e. The predicted molar refractivity (Wildman–Crippen MR) is 99.8 cm³/mol. The quantitative estimate of drug-likeness (QED) is 0.529. The first kappa shape index (κ1) is 17.3. The van der Waals surface area contributed by atoms with Gasteiger partial charge in [-0.05, 0) is 46.7 Å². The van der Waals surface area contributed by atoms with Gasteiger partial charge in [0, 0.05) is 0 Å². The van der Waals surface area contributed by atoms with E-state index in [1.54, 1.807) is 12.1 Å². The molecular weight excluding hydrogens is 332 g/mol. The lowest BCUT2D eigenvalue weighted by molar-refractivity contribution is -0.123. The summed E-state index contributed by atoms with van der Waals surface area (Å²) in [5.74, 6) is 0.614. The number of aromatic hydroxyl groups is 1. The topological polar surface area (TPSA) is 80.2 Å². The number of ether oxygens (including phenoxy) is 2. The van der Waals surface area contributed by atoms with Gasteiger partial charge in [0.1, 0.15) is 5.75 Å². The van der Waals surface area contributed by atoms with E-state index in [4.69, 9.17) is 9.47 Å². The Morgan fingerprint density at radius 3 is 2.73 bits per heavy atom. The van der Waals surface area contributed by atoms with Crippen molar-refractivity contribution < 1.29 is 19.4 Å². The number of nitrogens with zero attached hydrogens (tertiary/aromatic N) is 1. The van der Waals surface area contributed by atoms with E-state index >= 15 is 0 Å². The molecule has 3 aromatic carbocycles. The SMILES string of the molecule is COc1cc(/C=N\NC(=O)COc2ccc3ccccc3c2)ccc1O. The van der Waals surface area contributed by atoms with Crippen LogP contribution in [-0.2, 0) is 4.79 Å². The van der Waals surface area contributed by atoms with Crippen LogP contribution < -0.4 is 14.9 Å². The minimum absolute atomic E-state index is 0.0393. The molecule has 2 N–H and O–H groups in total. The molecule has 0 saturated carbocycles. The second kappa shape index (κ2) is 8.02. The molecule has 0 radical (unpaired) electrons. The first-order valence-corrected chi connectivity index (χ1v) is 7.96. The Hall–Kier alpha value is -3.54. The fourth-order valence-electron chi connectivity index (χ4n) is 2.39. The van der Waals surface area contributed by atoms with E-state index in [2.05, 4.69) is 10.5 Å². The van der Waals surface area contributed by atoms with E-state index in [1.807, 2.05) is 42.5 Å². The molecule has 26 heavy (non-hydrogen) atoms. The van der Waals surface area contributed by atoms with Crippen LogP contribution in [-0.4, -0.2) is 30.9 Å². The van der Waals surface area contributed by atoms with Crippen LogP contribution in [0.3, 0.4) is 0 Å². The molecule has 0 aliphatic carbocycles. The van der Waals surface area contributed by atoms with Gasteiger partial charge in [-0.3, -0.25) is 4.79 Å². The molecule has 0 bridgehead atoms. The van der Waals surface area contributed by atoms with Crippen molar-refractivity contribution in [1.29, 1.82) is 0 Å². The third kappa shape index (κ3) is 4.30. The van der Waals surface area contributed by atoms with Crippen LogP contribution in [0.5, 0.6) is 17.2 Å². The van der Waals surface area contributed by atoms with E-state index in [1.165, 1.54) is 19.4 Å². The normalized spacial score (nSPS) is 10.8. The lowest BCUT2D eigenvalue weighted by Gasteiger charge is -2.06. The molecule has 6 heteroatoms. The maximum Gasteiger partial charge on any atom is 0.277 e. The molecular formula is C20H18N2O4. The van der Waals surface area contributed by atoms with Crippen molar-refractivity contribution in [3.8, 4) is 17.2 Å². The molecule has 0 spiro atoms. The summed E-state index contributed by atoms with van der Waals surface area (Å²) < 4.78 is 10.5. The molecule has 0 aromatic heterocycles. The highest BCUT2D eigenvalue weighted by Crippen LogP contribution is 2.25. The summed E-state index contributed by atoms with van der Waals surface area (Å²) in [5.41, 5.74) is 3.07. The number of nitrogens with one attached hydrogen (secondary N) is 1. The van der Waals surface area contributed by atoms with Crippen molar-refractivity contribution in [3.63, 3.8) is 0 Å². The van der Waals surface area contributed by atoms with E-state index in [0.717, 1.165) is 10.8 Å². The average Bonchev–Trinajstić information content (AvgIpc) is 2.67. The van der Waals surface area contributed by atoms with Gasteiger partial charge in [0.25, 0.3) is 5.91 Å². The maximum atomic E-state index is 11.8. The van der Waals surface area contributed by atoms with Gasteiger partial charge >= 0.3 is 0 Å². The lowest BCUT2D eigenvalue weighted by Crippen LogP contribution is -2.24. The number of phenolic OH excluding ortho intramolecular Hbond substituents is 1. The monoisotopic (exact) mass is 350 g/mol. The third-order valence-corrected chi connectivity index (χ3v) is 3.70. The van der Waals surface area contributed by atoms with Crippen molar-refractivity contribution in [3.05, 3.63) is 66.2 Å². The maximum absolute atomic E-state index is 11.8. The highest BCUT2D eigenvalue weighted by molar-refractivity contribution is 5.85. The molecule has 0 atom stereocenters. The molecule has 0 heterocycles. The summed E-state index contributed by atoms with van der Waals surface area (Å²) in [7, 11) is 1.46. The first-order chi connectivity index (χ1) is 12.7. The molecule has 3 rings (SSSR count). The van der Waals surface area contributed by atoms with Crippen LogP contribution in [0.2, 0.25) is 0 Å². The number of carbonyl (C=O) groups excluding carboxylic acids is 1. The summed E-state index contributed by atoms with van der Waals surface area (Å²) in [6, 6.07) is 18.3. The molecule has 0 fully saturated rings. The molecule has 3 aromatic rings.